The van der Waals surface area contributed by atoms with Crippen LogP contribution in [0.25, 0.3) is 0 Å². The molecule has 0 bridgehead atoms. The fourth-order valence-corrected chi connectivity index (χ4v) is 2.35. The van der Waals surface area contributed by atoms with Gasteiger partial charge >= 0.3 is 0 Å². The number of hydrogen-bond acceptors (Lipinski definition) is 5. The Kier molecular flexibility index (Phi) is 4.31. The van der Waals surface area contributed by atoms with E-state index in [1.807, 2.05) is 30.3 Å². The molecule has 3 rings (SSSR count). The van der Waals surface area contributed by atoms with E-state index >= 15 is 0 Å². The maximum absolute atomic E-state index is 9.51. The van der Waals surface area contributed by atoms with Gasteiger partial charge in [-0.2, -0.15) is 0 Å². The van der Waals surface area contributed by atoms with E-state index in [0.29, 0.717) is 18.3 Å². The molecule has 2 heterocycles. The molecule has 1 N–H and O–H groups in total. The molecule has 0 radical (unpaired) electrons. The lowest BCUT2D eigenvalue weighted by Gasteiger charge is -2.29. The summed E-state index contributed by atoms with van der Waals surface area (Å²) in [6.07, 6.45) is 4.77. The van der Waals surface area contributed by atoms with Gasteiger partial charge in [-0.15, -0.1) is 0 Å². The third-order valence-corrected chi connectivity index (χ3v) is 3.61. The fourth-order valence-electron chi connectivity index (χ4n) is 2.35. The molecule has 0 spiro atoms. The van der Waals surface area contributed by atoms with Gasteiger partial charge in [0.25, 0.3) is 0 Å². The molecule has 0 unspecified atom stereocenters. The summed E-state index contributed by atoms with van der Waals surface area (Å²) in [4.78, 5) is 10.8. The van der Waals surface area contributed by atoms with E-state index in [9.17, 15) is 5.11 Å². The van der Waals surface area contributed by atoms with Crippen LogP contribution in [-0.4, -0.2) is 34.3 Å². The Morgan fingerprint density at radius 3 is 2.43 bits per heavy atom. The highest BCUT2D eigenvalue weighted by molar-refractivity contribution is 5.32. The van der Waals surface area contributed by atoms with Crippen molar-refractivity contribution < 1.29 is 9.84 Å². The average molecular weight is 285 g/mol. The number of aliphatic hydroxyl groups excluding tert-OH is 1. The number of benzene rings is 1. The zero-order valence-electron chi connectivity index (χ0n) is 11.9. The normalized spacial score (nSPS) is 16.0. The lowest BCUT2D eigenvalue weighted by Crippen LogP contribution is -2.36. The predicted molar refractivity (Wildman–Crippen MR) is 80.3 cm³/mol. The second-order valence-electron chi connectivity index (χ2n) is 5.21. The van der Waals surface area contributed by atoms with Gasteiger partial charge < -0.3 is 14.7 Å². The highest BCUT2D eigenvalue weighted by Gasteiger charge is 2.18. The van der Waals surface area contributed by atoms with Gasteiger partial charge in [0.2, 0.25) is 5.95 Å². The molecule has 1 aromatic carbocycles. The van der Waals surface area contributed by atoms with E-state index in [2.05, 4.69) is 14.9 Å². The number of rotatable bonds is 4. The Morgan fingerprint density at radius 1 is 1.10 bits per heavy atom. The first-order valence-electron chi connectivity index (χ1n) is 7.23. The quantitative estimate of drug-likeness (QED) is 0.931. The third kappa shape index (κ3) is 3.70. The van der Waals surface area contributed by atoms with Crippen LogP contribution in [0.4, 0.5) is 5.95 Å². The highest BCUT2D eigenvalue weighted by atomic mass is 16.5. The van der Waals surface area contributed by atoms with Crippen LogP contribution in [0.2, 0.25) is 0 Å². The summed E-state index contributed by atoms with van der Waals surface area (Å²) in [7, 11) is 0. The van der Waals surface area contributed by atoms with Crippen LogP contribution in [0.5, 0.6) is 5.75 Å². The zero-order chi connectivity index (χ0) is 14.5. The molecule has 1 aromatic heterocycles. The van der Waals surface area contributed by atoms with Crippen molar-refractivity contribution in [3.8, 4) is 5.75 Å². The van der Waals surface area contributed by atoms with Crippen LogP contribution in [0, 0.1) is 0 Å². The minimum Gasteiger partial charge on any atom is -0.486 e. The molecule has 1 aliphatic rings. The highest BCUT2D eigenvalue weighted by Crippen LogP contribution is 2.18. The second kappa shape index (κ2) is 6.54. The van der Waals surface area contributed by atoms with Gasteiger partial charge in [0, 0.05) is 13.1 Å². The first-order valence-corrected chi connectivity index (χ1v) is 7.23. The maximum Gasteiger partial charge on any atom is 0.225 e. The number of piperidine rings is 1. The predicted octanol–water partition coefficient (Wildman–Crippen LogP) is 2.02. The number of hydrogen-bond donors (Lipinski definition) is 1. The molecule has 1 aliphatic heterocycles. The molecule has 21 heavy (non-hydrogen) atoms. The molecular weight excluding hydrogens is 266 g/mol. The molecule has 5 nitrogen and oxygen atoms in total. The zero-order valence-corrected chi connectivity index (χ0v) is 11.9. The number of aliphatic hydroxyl groups is 1. The minimum atomic E-state index is -0.185. The van der Waals surface area contributed by atoms with Crippen molar-refractivity contribution >= 4 is 5.95 Å². The van der Waals surface area contributed by atoms with Crippen molar-refractivity contribution in [3.63, 3.8) is 0 Å². The third-order valence-electron chi connectivity index (χ3n) is 3.61. The van der Waals surface area contributed by atoms with E-state index in [-0.39, 0.29) is 6.10 Å². The van der Waals surface area contributed by atoms with Gasteiger partial charge in [-0.25, -0.2) is 9.97 Å². The van der Waals surface area contributed by atoms with Crippen LogP contribution < -0.4 is 9.64 Å². The summed E-state index contributed by atoms with van der Waals surface area (Å²) in [5, 5.41) is 9.51. The number of anilines is 1. The first-order chi connectivity index (χ1) is 10.3. The molecule has 110 valence electrons. The smallest absolute Gasteiger partial charge is 0.225 e. The van der Waals surface area contributed by atoms with Crippen molar-refractivity contribution in [2.75, 3.05) is 18.0 Å². The SMILES string of the molecule is OC1CCN(c2ncc(OCc3ccccc3)cn2)CC1. The number of ether oxygens (including phenoxy) is 1. The van der Waals surface area contributed by atoms with Gasteiger partial charge in [-0.3, -0.25) is 0 Å². The minimum absolute atomic E-state index is 0.185. The molecule has 5 heteroatoms. The van der Waals surface area contributed by atoms with Gasteiger partial charge in [0.15, 0.2) is 5.75 Å². The molecule has 0 saturated carbocycles. The largest absolute Gasteiger partial charge is 0.486 e. The molecule has 0 amide bonds. The van der Waals surface area contributed by atoms with Crippen LogP contribution in [0.3, 0.4) is 0 Å². The van der Waals surface area contributed by atoms with E-state index in [4.69, 9.17) is 4.74 Å². The first kappa shape index (κ1) is 13.8. The monoisotopic (exact) mass is 285 g/mol. The van der Waals surface area contributed by atoms with Crippen molar-refractivity contribution in [2.24, 2.45) is 0 Å². The Labute approximate surface area is 124 Å². The number of nitrogens with zero attached hydrogens (tertiary/aromatic N) is 3. The second-order valence-corrected chi connectivity index (χ2v) is 5.21. The molecule has 0 atom stereocenters. The van der Waals surface area contributed by atoms with Crippen molar-refractivity contribution in [1.82, 2.24) is 9.97 Å². The molecule has 1 fully saturated rings. The summed E-state index contributed by atoms with van der Waals surface area (Å²) in [6, 6.07) is 10.0. The van der Waals surface area contributed by atoms with E-state index in [0.717, 1.165) is 31.5 Å². The van der Waals surface area contributed by atoms with Crippen LogP contribution in [0.1, 0.15) is 18.4 Å². The fraction of sp³-hybridized carbons (Fsp3) is 0.375. The Morgan fingerprint density at radius 2 is 1.76 bits per heavy atom. The Hall–Kier alpha value is -2.14. The molecule has 2 aromatic rings. The van der Waals surface area contributed by atoms with E-state index < -0.39 is 0 Å². The Balaban J connectivity index is 1.57. The van der Waals surface area contributed by atoms with Crippen LogP contribution in [-0.2, 0) is 6.61 Å². The average Bonchev–Trinajstić information content (AvgIpc) is 2.55. The maximum atomic E-state index is 9.51. The lowest BCUT2D eigenvalue weighted by atomic mass is 10.1. The standard InChI is InChI=1S/C16H19N3O2/c20-14-6-8-19(9-7-14)16-17-10-15(11-18-16)21-12-13-4-2-1-3-5-13/h1-5,10-11,14,20H,6-9,12H2. The molecule has 1 saturated heterocycles. The van der Waals surface area contributed by atoms with Gasteiger partial charge in [0.05, 0.1) is 18.5 Å². The van der Waals surface area contributed by atoms with Gasteiger partial charge in [-0.05, 0) is 18.4 Å². The van der Waals surface area contributed by atoms with Crippen molar-refractivity contribution in [1.29, 1.82) is 0 Å². The Bertz CT molecular complexity index is 551. The van der Waals surface area contributed by atoms with Crippen molar-refractivity contribution in [3.05, 3.63) is 48.3 Å². The van der Waals surface area contributed by atoms with Crippen molar-refractivity contribution in [2.45, 2.75) is 25.6 Å². The van der Waals surface area contributed by atoms with Crippen LogP contribution >= 0.6 is 0 Å². The molecule has 0 aliphatic carbocycles. The topological polar surface area (TPSA) is 58.5 Å². The summed E-state index contributed by atoms with van der Waals surface area (Å²) in [5.74, 6) is 1.37. The summed E-state index contributed by atoms with van der Waals surface area (Å²) < 4.78 is 5.67. The van der Waals surface area contributed by atoms with Gasteiger partial charge in [-0.1, -0.05) is 30.3 Å². The van der Waals surface area contributed by atoms with E-state index in [1.165, 1.54) is 0 Å². The van der Waals surface area contributed by atoms with E-state index in [1.54, 1.807) is 12.4 Å². The summed E-state index contributed by atoms with van der Waals surface area (Å²) in [6.45, 7) is 2.11. The van der Waals surface area contributed by atoms with Crippen LogP contribution in [0.15, 0.2) is 42.7 Å². The lowest BCUT2D eigenvalue weighted by molar-refractivity contribution is 0.145. The number of aromatic nitrogens is 2. The molecular formula is C16H19N3O2. The van der Waals surface area contributed by atoms with Gasteiger partial charge in [0.1, 0.15) is 6.61 Å². The summed E-state index contributed by atoms with van der Waals surface area (Å²) >= 11 is 0. The summed E-state index contributed by atoms with van der Waals surface area (Å²) in [5.41, 5.74) is 1.12.